The number of nitrogens with zero attached hydrogens (tertiary/aromatic N) is 3. The minimum atomic E-state index is -0.557. The van der Waals surface area contributed by atoms with Crippen LogP contribution in [0.2, 0.25) is 10.0 Å². The summed E-state index contributed by atoms with van der Waals surface area (Å²) in [6.45, 7) is 2.31. The number of aromatic nitrogens is 2. The summed E-state index contributed by atoms with van der Waals surface area (Å²) >= 11 is 11.9. The van der Waals surface area contributed by atoms with Gasteiger partial charge in [0, 0.05) is 11.6 Å². The molecule has 0 saturated heterocycles. The van der Waals surface area contributed by atoms with Gasteiger partial charge in [-0.1, -0.05) is 23.2 Å². The second-order valence-electron chi connectivity index (χ2n) is 3.96. The first kappa shape index (κ1) is 15.3. The normalized spacial score (nSPS) is 10.2. The molecule has 110 valence electrons. The molecule has 7 nitrogen and oxygen atoms in total. The van der Waals surface area contributed by atoms with Crippen molar-refractivity contribution in [2.75, 3.05) is 17.2 Å². The van der Waals surface area contributed by atoms with Crippen LogP contribution in [0.4, 0.5) is 23.0 Å². The van der Waals surface area contributed by atoms with Crippen LogP contribution >= 0.6 is 23.2 Å². The second-order valence-corrected chi connectivity index (χ2v) is 4.80. The highest BCUT2D eigenvalue weighted by Gasteiger charge is 2.23. The fourth-order valence-corrected chi connectivity index (χ4v) is 2.00. The number of rotatable bonds is 5. The van der Waals surface area contributed by atoms with Crippen molar-refractivity contribution in [3.05, 3.63) is 44.7 Å². The van der Waals surface area contributed by atoms with Crippen LogP contribution in [0.15, 0.2) is 24.5 Å². The van der Waals surface area contributed by atoms with Crippen molar-refractivity contribution in [3.8, 4) is 0 Å². The fourth-order valence-electron chi connectivity index (χ4n) is 1.66. The molecule has 21 heavy (non-hydrogen) atoms. The lowest BCUT2D eigenvalue weighted by Gasteiger charge is -2.10. The maximum atomic E-state index is 11.2. The Bertz CT molecular complexity index is 681. The van der Waals surface area contributed by atoms with Crippen LogP contribution in [0.1, 0.15) is 6.92 Å². The van der Waals surface area contributed by atoms with Crippen LogP contribution in [0.3, 0.4) is 0 Å². The van der Waals surface area contributed by atoms with E-state index in [4.69, 9.17) is 23.2 Å². The molecule has 0 unspecified atom stereocenters. The molecule has 0 atom stereocenters. The molecule has 0 amide bonds. The number of nitro groups is 1. The van der Waals surface area contributed by atoms with E-state index in [-0.39, 0.29) is 17.3 Å². The lowest BCUT2D eigenvalue weighted by atomic mass is 10.3. The lowest BCUT2D eigenvalue weighted by Crippen LogP contribution is -2.07. The predicted molar refractivity (Wildman–Crippen MR) is 82.6 cm³/mol. The summed E-state index contributed by atoms with van der Waals surface area (Å²) in [5.41, 5.74) is 0.170. The van der Waals surface area contributed by atoms with Crippen LogP contribution in [-0.2, 0) is 0 Å². The Balaban J connectivity index is 2.46. The number of benzene rings is 1. The van der Waals surface area contributed by atoms with E-state index in [1.807, 2.05) is 6.92 Å². The zero-order valence-electron chi connectivity index (χ0n) is 10.9. The van der Waals surface area contributed by atoms with Gasteiger partial charge in [-0.3, -0.25) is 10.1 Å². The molecule has 0 bridgehead atoms. The second kappa shape index (κ2) is 6.55. The Hall–Kier alpha value is -2.12. The van der Waals surface area contributed by atoms with Gasteiger partial charge in [0.05, 0.1) is 15.6 Å². The maximum Gasteiger partial charge on any atom is 0.353 e. The molecule has 0 spiro atoms. The van der Waals surface area contributed by atoms with Crippen molar-refractivity contribution in [3.63, 3.8) is 0 Å². The molecular formula is C12H11Cl2N5O2. The van der Waals surface area contributed by atoms with E-state index in [2.05, 4.69) is 20.6 Å². The van der Waals surface area contributed by atoms with Gasteiger partial charge in [-0.15, -0.1) is 0 Å². The molecule has 0 fully saturated rings. The maximum absolute atomic E-state index is 11.2. The van der Waals surface area contributed by atoms with Gasteiger partial charge in [-0.25, -0.2) is 9.97 Å². The number of halogens is 2. The Morgan fingerprint density at radius 1 is 1.29 bits per heavy atom. The zero-order valence-corrected chi connectivity index (χ0v) is 12.4. The summed E-state index contributed by atoms with van der Waals surface area (Å²) in [4.78, 5) is 18.5. The van der Waals surface area contributed by atoms with Crippen LogP contribution < -0.4 is 10.6 Å². The Morgan fingerprint density at radius 2 is 2.00 bits per heavy atom. The monoisotopic (exact) mass is 327 g/mol. The van der Waals surface area contributed by atoms with Crippen LogP contribution in [0, 0.1) is 10.1 Å². The number of anilines is 3. The van der Waals surface area contributed by atoms with Crippen molar-refractivity contribution in [2.24, 2.45) is 0 Å². The molecule has 0 saturated carbocycles. The van der Waals surface area contributed by atoms with Crippen LogP contribution in [0.25, 0.3) is 0 Å². The molecule has 1 heterocycles. The van der Waals surface area contributed by atoms with E-state index in [0.717, 1.165) is 0 Å². The van der Waals surface area contributed by atoms with Gasteiger partial charge >= 0.3 is 5.69 Å². The van der Waals surface area contributed by atoms with Gasteiger partial charge in [-0.05, 0) is 25.1 Å². The van der Waals surface area contributed by atoms with Crippen molar-refractivity contribution in [2.45, 2.75) is 6.92 Å². The minimum Gasteiger partial charge on any atom is -0.364 e. The van der Waals surface area contributed by atoms with Gasteiger partial charge < -0.3 is 10.6 Å². The molecular weight excluding hydrogens is 317 g/mol. The van der Waals surface area contributed by atoms with E-state index < -0.39 is 4.92 Å². The molecule has 2 N–H and O–H groups in total. The summed E-state index contributed by atoms with van der Waals surface area (Å²) in [6, 6.07) is 4.76. The fraction of sp³-hybridized carbons (Fsp3) is 0.167. The molecule has 0 aliphatic heterocycles. The Morgan fingerprint density at radius 3 is 2.67 bits per heavy atom. The zero-order chi connectivity index (χ0) is 15.4. The molecule has 2 rings (SSSR count). The third-order valence-electron chi connectivity index (χ3n) is 2.53. The highest BCUT2D eigenvalue weighted by Crippen LogP contribution is 2.34. The quantitative estimate of drug-likeness (QED) is 0.639. The van der Waals surface area contributed by atoms with Crippen molar-refractivity contribution in [1.82, 2.24) is 9.97 Å². The Labute approximate surface area is 130 Å². The largest absolute Gasteiger partial charge is 0.364 e. The summed E-state index contributed by atoms with van der Waals surface area (Å²) < 4.78 is 0. The summed E-state index contributed by atoms with van der Waals surface area (Å²) in [7, 11) is 0. The number of hydrogen-bond acceptors (Lipinski definition) is 6. The minimum absolute atomic E-state index is 0.0371. The molecule has 0 radical (unpaired) electrons. The molecule has 0 aliphatic carbocycles. The standard InChI is InChI=1S/C12H11Cl2N5O2/c1-2-15-11-10(19(20)21)12(17-6-16-11)18-9-5-7(13)3-4-8(9)14/h3-6H,2H2,1H3,(H2,15,16,17,18). The first-order chi connectivity index (χ1) is 10.0. The molecule has 0 aliphatic rings. The van der Waals surface area contributed by atoms with Gasteiger partial charge in [0.1, 0.15) is 6.33 Å². The predicted octanol–water partition coefficient (Wildman–Crippen LogP) is 3.87. The van der Waals surface area contributed by atoms with Crippen LogP contribution in [0.5, 0.6) is 0 Å². The SMILES string of the molecule is CCNc1ncnc(Nc2cc(Cl)ccc2Cl)c1[N+](=O)[O-]. The van der Waals surface area contributed by atoms with Crippen molar-refractivity contribution < 1.29 is 4.92 Å². The topological polar surface area (TPSA) is 93.0 Å². The van der Waals surface area contributed by atoms with E-state index >= 15 is 0 Å². The van der Waals surface area contributed by atoms with E-state index in [9.17, 15) is 10.1 Å². The van der Waals surface area contributed by atoms with Crippen molar-refractivity contribution in [1.29, 1.82) is 0 Å². The summed E-state index contributed by atoms with van der Waals surface area (Å²) in [5.74, 6) is 0.174. The third-order valence-corrected chi connectivity index (χ3v) is 3.10. The first-order valence-electron chi connectivity index (χ1n) is 5.98. The van der Waals surface area contributed by atoms with Crippen LogP contribution in [-0.4, -0.2) is 21.4 Å². The molecule has 1 aromatic heterocycles. The van der Waals surface area contributed by atoms with E-state index in [1.165, 1.54) is 6.33 Å². The average molecular weight is 328 g/mol. The summed E-state index contributed by atoms with van der Waals surface area (Å²) in [5, 5.41) is 17.7. The first-order valence-corrected chi connectivity index (χ1v) is 6.73. The molecule has 2 aromatic rings. The van der Waals surface area contributed by atoms with Gasteiger partial charge in [-0.2, -0.15) is 0 Å². The molecule has 9 heteroatoms. The molecule has 1 aromatic carbocycles. The smallest absolute Gasteiger partial charge is 0.353 e. The highest BCUT2D eigenvalue weighted by atomic mass is 35.5. The number of nitrogens with one attached hydrogen (secondary N) is 2. The van der Waals surface area contributed by atoms with E-state index in [1.54, 1.807) is 18.2 Å². The Kier molecular flexibility index (Phi) is 4.77. The lowest BCUT2D eigenvalue weighted by molar-refractivity contribution is -0.383. The van der Waals surface area contributed by atoms with E-state index in [0.29, 0.717) is 22.3 Å². The van der Waals surface area contributed by atoms with Gasteiger partial charge in [0.15, 0.2) is 0 Å². The van der Waals surface area contributed by atoms with Crippen molar-refractivity contribution >= 4 is 46.2 Å². The third kappa shape index (κ3) is 3.50. The van der Waals surface area contributed by atoms with Gasteiger partial charge in [0.25, 0.3) is 0 Å². The average Bonchev–Trinajstić information content (AvgIpc) is 2.43. The van der Waals surface area contributed by atoms with Gasteiger partial charge in [0.2, 0.25) is 11.6 Å². The summed E-state index contributed by atoms with van der Waals surface area (Å²) in [6.07, 6.45) is 1.23. The number of hydrogen-bond donors (Lipinski definition) is 2. The highest BCUT2D eigenvalue weighted by molar-refractivity contribution is 6.35.